The van der Waals surface area contributed by atoms with Crippen molar-refractivity contribution in [2.24, 2.45) is 0 Å². The van der Waals surface area contributed by atoms with Crippen LogP contribution in [0.1, 0.15) is 36.9 Å². The lowest BCUT2D eigenvalue weighted by atomic mass is 9.98. The van der Waals surface area contributed by atoms with Crippen molar-refractivity contribution in [2.45, 2.75) is 32.6 Å². The minimum absolute atomic E-state index is 0.903. The highest BCUT2D eigenvalue weighted by molar-refractivity contribution is 5.80. The Bertz CT molecular complexity index is 860. The lowest BCUT2D eigenvalue weighted by Crippen LogP contribution is -2.00. The van der Waals surface area contributed by atoms with Gasteiger partial charge in [0.05, 0.1) is 11.9 Å². The highest BCUT2D eigenvalue weighted by Crippen LogP contribution is 2.30. The summed E-state index contributed by atoms with van der Waals surface area (Å²) in [6.07, 6.45) is 14.7. The predicted octanol–water partition coefficient (Wildman–Crippen LogP) is 4.06. The largest absolute Gasteiger partial charge is 0.264 e. The zero-order valence-electron chi connectivity index (χ0n) is 12.7. The molecule has 4 nitrogen and oxygen atoms in total. The predicted molar refractivity (Wildman–Crippen MR) is 87.4 cm³/mol. The smallest absolute Gasteiger partial charge is 0.162 e. The molecule has 0 saturated carbocycles. The summed E-state index contributed by atoms with van der Waals surface area (Å²) in [5.74, 6) is 0. The van der Waals surface area contributed by atoms with Gasteiger partial charge in [0.1, 0.15) is 0 Å². The van der Waals surface area contributed by atoms with Crippen LogP contribution >= 0.6 is 0 Å². The van der Waals surface area contributed by atoms with Gasteiger partial charge in [0.2, 0.25) is 0 Å². The number of nitrogens with zero attached hydrogens (tertiary/aromatic N) is 4. The molecule has 0 atom stereocenters. The minimum Gasteiger partial charge on any atom is -0.264 e. The molecule has 3 heterocycles. The molecule has 4 heteroatoms. The summed E-state index contributed by atoms with van der Waals surface area (Å²) in [6.45, 7) is 2.10. The molecule has 4 rings (SSSR count). The summed E-state index contributed by atoms with van der Waals surface area (Å²) in [7, 11) is 0. The Morgan fingerprint density at radius 1 is 1.05 bits per heavy atom. The van der Waals surface area contributed by atoms with Gasteiger partial charge >= 0.3 is 0 Å². The maximum Gasteiger partial charge on any atom is 0.162 e. The number of rotatable bonds is 2. The molecule has 0 N–H and O–H groups in total. The van der Waals surface area contributed by atoms with Crippen molar-refractivity contribution in [1.29, 1.82) is 0 Å². The fraction of sp³-hybridized carbons (Fsp3) is 0.278. The maximum atomic E-state index is 4.64. The fourth-order valence-electron chi connectivity index (χ4n) is 3.14. The monoisotopic (exact) mass is 290 g/mol. The van der Waals surface area contributed by atoms with Crippen molar-refractivity contribution < 1.29 is 0 Å². The summed E-state index contributed by atoms with van der Waals surface area (Å²) in [5, 5.41) is 4.53. The van der Waals surface area contributed by atoms with Gasteiger partial charge in [0.25, 0.3) is 0 Å². The van der Waals surface area contributed by atoms with Gasteiger partial charge in [-0.1, -0.05) is 6.08 Å². The van der Waals surface area contributed by atoms with Crippen LogP contribution in [0.4, 0.5) is 0 Å². The van der Waals surface area contributed by atoms with Crippen LogP contribution in [0.15, 0.2) is 43.0 Å². The first-order valence-corrected chi connectivity index (χ1v) is 7.78. The summed E-state index contributed by atoms with van der Waals surface area (Å²) < 4.78 is 1.97. The van der Waals surface area contributed by atoms with Gasteiger partial charge in [-0.25, -0.2) is 9.50 Å². The van der Waals surface area contributed by atoms with Gasteiger partial charge in [-0.3, -0.25) is 4.98 Å². The summed E-state index contributed by atoms with van der Waals surface area (Å²) in [5.41, 5.74) is 6.79. The van der Waals surface area contributed by atoms with Crippen LogP contribution in [0.2, 0.25) is 0 Å². The number of fused-ring (bicyclic) bond motifs is 1. The Balaban J connectivity index is 1.91. The normalized spacial score (nSPS) is 15.0. The van der Waals surface area contributed by atoms with Gasteiger partial charge in [-0.2, -0.15) is 5.10 Å². The fourth-order valence-corrected chi connectivity index (χ4v) is 3.14. The number of hydrogen-bond acceptors (Lipinski definition) is 3. The van der Waals surface area contributed by atoms with E-state index in [1.807, 2.05) is 41.4 Å². The van der Waals surface area contributed by atoms with Gasteiger partial charge in [-0.05, 0) is 55.9 Å². The molecule has 0 amide bonds. The highest BCUT2D eigenvalue weighted by atomic mass is 15.3. The first-order valence-electron chi connectivity index (χ1n) is 7.78. The van der Waals surface area contributed by atoms with E-state index in [1.165, 1.54) is 24.0 Å². The molecule has 0 saturated heterocycles. The second-order valence-electron chi connectivity index (χ2n) is 5.79. The van der Waals surface area contributed by atoms with Crippen LogP contribution in [0, 0.1) is 6.92 Å². The molecule has 110 valence electrons. The number of aromatic nitrogens is 4. The van der Waals surface area contributed by atoms with E-state index in [0.717, 1.165) is 35.3 Å². The second-order valence-corrected chi connectivity index (χ2v) is 5.79. The van der Waals surface area contributed by atoms with E-state index in [-0.39, 0.29) is 0 Å². The average molecular weight is 290 g/mol. The molecule has 0 fully saturated rings. The Morgan fingerprint density at radius 3 is 2.82 bits per heavy atom. The number of aryl methyl sites for hydroxylation is 1. The molecule has 3 aromatic rings. The second kappa shape index (κ2) is 5.37. The van der Waals surface area contributed by atoms with E-state index >= 15 is 0 Å². The molecule has 0 unspecified atom stereocenters. The molecule has 3 aromatic heterocycles. The van der Waals surface area contributed by atoms with Crippen molar-refractivity contribution in [3.63, 3.8) is 0 Å². The molecule has 0 aromatic carbocycles. The van der Waals surface area contributed by atoms with Gasteiger partial charge in [0, 0.05) is 29.7 Å². The van der Waals surface area contributed by atoms with Crippen molar-refractivity contribution in [2.75, 3.05) is 0 Å². The third-order valence-corrected chi connectivity index (χ3v) is 4.35. The first kappa shape index (κ1) is 13.2. The van der Waals surface area contributed by atoms with Gasteiger partial charge < -0.3 is 0 Å². The number of pyridine rings is 1. The Labute approximate surface area is 129 Å². The van der Waals surface area contributed by atoms with Crippen molar-refractivity contribution in [3.05, 3.63) is 54.3 Å². The summed E-state index contributed by atoms with van der Waals surface area (Å²) >= 11 is 0. The lowest BCUT2D eigenvalue weighted by Gasteiger charge is -2.12. The van der Waals surface area contributed by atoms with Crippen molar-refractivity contribution in [1.82, 2.24) is 19.6 Å². The van der Waals surface area contributed by atoms with E-state index in [9.17, 15) is 0 Å². The summed E-state index contributed by atoms with van der Waals surface area (Å²) in [4.78, 5) is 8.90. The molecule has 0 bridgehead atoms. The minimum atomic E-state index is 0.903. The molecular weight excluding hydrogens is 272 g/mol. The van der Waals surface area contributed by atoms with Crippen LogP contribution < -0.4 is 0 Å². The Hall–Kier alpha value is -2.49. The molecule has 0 spiro atoms. The topological polar surface area (TPSA) is 43.1 Å². The van der Waals surface area contributed by atoms with Crippen molar-refractivity contribution in [3.8, 4) is 11.1 Å². The molecular formula is C18H18N4. The molecule has 1 aliphatic carbocycles. The Kier molecular flexibility index (Phi) is 3.22. The van der Waals surface area contributed by atoms with Crippen LogP contribution in [0.3, 0.4) is 0 Å². The lowest BCUT2D eigenvalue weighted by molar-refractivity contribution is 0.736. The molecule has 0 radical (unpaired) electrons. The van der Waals surface area contributed by atoms with Crippen LogP contribution in [0.25, 0.3) is 22.3 Å². The first-order chi connectivity index (χ1) is 10.8. The zero-order chi connectivity index (χ0) is 14.9. The van der Waals surface area contributed by atoms with Crippen molar-refractivity contribution >= 4 is 11.2 Å². The molecule has 22 heavy (non-hydrogen) atoms. The van der Waals surface area contributed by atoms with Gasteiger partial charge in [-0.15, -0.1) is 0 Å². The number of imidazole rings is 1. The van der Waals surface area contributed by atoms with E-state index in [2.05, 4.69) is 28.1 Å². The van der Waals surface area contributed by atoms with Crippen LogP contribution in [-0.2, 0) is 0 Å². The Morgan fingerprint density at radius 2 is 2.00 bits per heavy atom. The van der Waals surface area contributed by atoms with E-state index < -0.39 is 0 Å². The third-order valence-electron chi connectivity index (χ3n) is 4.35. The number of allylic oxidation sites excluding steroid dienone is 2. The average Bonchev–Trinajstić information content (AvgIpc) is 3.00. The standard InChI is InChI=1S/C18H18N4/c1-13-7-9-19-11-16(13)15-8-10-21-22-17(12-20-18(15)22)14-5-3-2-4-6-14/h5,7-12H,2-4,6H2,1H3. The summed E-state index contributed by atoms with van der Waals surface area (Å²) in [6, 6.07) is 4.05. The molecule has 0 aliphatic heterocycles. The quantitative estimate of drug-likeness (QED) is 0.715. The molecule has 1 aliphatic rings. The zero-order valence-corrected chi connectivity index (χ0v) is 12.7. The van der Waals surface area contributed by atoms with Gasteiger partial charge in [0.15, 0.2) is 5.65 Å². The highest BCUT2D eigenvalue weighted by Gasteiger charge is 2.15. The maximum absolute atomic E-state index is 4.64. The SMILES string of the molecule is Cc1ccncc1-c1ccnn2c(C3=CCCCC3)cnc12. The van der Waals surface area contributed by atoms with E-state index in [0.29, 0.717) is 0 Å². The third kappa shape index (κ3) is 2.11. The van der Waals surface area contributed by atoms with E-state index in [4.69, 9.17) is 0 Å². The van der Waals surface area contributed by atoms with E-state index in [1.54, 1.807) is 0 Å². The number of hydrogen-bond donors (Lipinski definition) is 0. The van der Waals surface area contributed by atoms with Crippen LogP contribution in [-0.4, -0.2) is 19.6 Å². The van der Waals surface area contributed by atoms with Crippen LogP contribution in [0.5, 0.6) is 0 Å².